The van der Waals surface area contributed by atoms with E-state index in [0.29, 0.717) is 0 Å². The molecule has 1 atom stereocenters. The largest absolute Gasteiger partial charge is 0.381 e. The number of ether oxygens (including phenoxy) is 1. The highest BCUT2D eigenvalue weighted by Crippen LogP contribution is 2.27. The Balaban J connectivity index is 1.69. The molecule has 0 radical (unpaired) electrons. The summed E-state index contributed by atoms with van der Waals surface area (Å²) >= 11 is 2.05. The van der Waals surface area contributed by atoms with E-state index in [1.807, 2.05) is 11.8 Å². The molecule has 0 aromatic carbocycles. The fourth-order valence-electron chi connectivity index (χ4n) is 2.87. The van der Waals surface area contributed by atoms with Crippen molar-refractivity contribution in [1.29, 1.82) is 0 Å². The molecule has 0 aromatic heterocycles. The third-order valence-corrected chi connectivity index (χ3v) is 5.07. The first-order valence-electron chi connectivity index (χ1n) is 6.75. The van der Waals surface area contributed by atoms with Crippen molar-refractivity contribution in [2.24, 2.45) is 0 Å². The molecule has 1 aliphatic heterocycles. The van der Waals surface area contributed by atoms with Gasteiger partial charge in [0.15, 0.2) is 0 Å². The molecule has 1 aliphatic carbocycles. The maximum Gasteiger partial charge on any atom is 0.0480 e. The number of nitrogens with one attached hydrogen (secondary N) is 1. The van der Waals surface area contributed by atoms with E-state index >= 15 is 0 Å². The van der Waals surface area contributed by atoms with Crippen molar-refractivity contribution < 1.29 is 4.74 Å². The highest BCUT2D eigenvalue weighted by molar-refractivity contribution is 7.99. The SMILES string of the molecule is CSC1CCC(NC2CCCOCC2)CC1. The van der Waals surface area contributed by atoms with E-state index in [9.17, 15) is 0 Å². The summed E-state index contributed by atoms with van der Waals surface area (Å²) in [5.41, 5.74) is 0. The third-order valence-electron chi connectivity index (χ3n) is 3.93. The molecule has 0 bridgehead atoms. The fourth-order valence-corrected chi connectivity index (χ4v) is 3.61. The Morgan fingerprint density at radius 1 is 0.938 bits per heavy atom. The summed E-state index contributed by atoms with van der Waals surface area (Å²) in [4.78, 5) is 0. The van der Waals surface area contributed by atoms with Crippen LogP contribution in [-0.4, -0.2) is 36.8 Å². The average Bonchev–Trinajstić information content (AvgIpc) is 2.59. The predicted molar refractivity (Wildman–Crippen MR) is 71.2 cm³/mol. The first-order valence-corrected chi connectivity index (χ1v) is 8.04. The van der Waals surface area contributed by atoms with Crippen molar-refractivity contribution >= 4 is 11.8 Å². The van der Waals surface area contributed by atoms with Crippen molar-refractivity contribution in [2.75, 3.05) is 19.5 Å². The van der Waals surface area contributed by atoms with Crippen LogP contribution in [0.3, 0.4) is 0 Å². The van der Waals surface area contributed by atoms with E-state index in [1.165, 1.54) is 44.9 Å². The quantitative estimate of drug-likeness (QED) is 0.823. The van der Waals surface area contributed by atoms with Gasteiger partial charge in [0.25, 0.3) is 0 Å². The van der Waals surface area contributed by atoms with Gasteiger partial charge in [-0.05, 0) is 51.2 Å². The zero-order valence-corrected chi connectivity index (χ0v) is 11.2. The topological polar surface area (TPSA) is 21.3 Å². The Morgan fingerprint density at radius 2 is 1.69 bits per heavy atom. The Morgan fingerprint density at radius 3 is 2.44 bits per heavy atom. The molecule has 1 unspecified atom stereocenters. The van der Waals surface area contributed by atoms with Gasteiger partial charge in [-0.2, -0.15) is 11.8 Å². The van der Waals surface area contributed by atoms with Gasteiger partial charge in [-0.1, -0.05) is 0 Å². The number of hydrogen-bond donors (Lipinski definition) is 1. The van der Waals surface area contributed by atoms with Crippen LogP contribution in [0.1, 0.15) is 44.9 Å². The van der Waals surface area contributed by atoms with Gasteiger partial charge in [0, 0.05) is 30.5 Å². The molecule has 2 nitrogen and oxygen atoms in total. The molecule has 0 spiro atoms. The molecule has 0 amide bonds. The Kier molecular flexibility index (Phi) is 5.46. The summed E-state index contributed by atoms with van der Waals surface area (Å²) in [6.07, 6.45) is 11.6. The van der Waals surface area contributed by atoms with Crippen LogP contribution >= 0.6 is 11.8 Å². The summed E-state index contributed by atoms with van der Waals surface area (Å²) in [6, 6.07) is 1.50. The Bertz CT molecular complexity index is 184. The summed E-state index contributed by atoms with van der Waals surface area (Å²) in [5.74, 6) is 0. The molecule has 0 aromatic rings. The van der Waals surface area contributed by atoms with Crippen LogP contribution in [0.2, 0.25) is 0 Å². The zero-order chi connectivity index (χ0) is 11.2. The molecule has 1 N–H and O–H groups in total. The van der Waals surface area contributed by atoms with Gasteiger partial charge in [0.1, 0.15) is 0 Å². The van der Waals surface area contributed by atoms with Crippen LogP contribution in [0, 0.1) is 0 Å². The second-order valence-electron chi connectivity index (χ2n) is 5.12. The maximum atomic E-state index is 5.50. The number of hydrogen-bond acceptors (Lipinski definition) is 3. The second-order valence-corrected chi connectivity index (χ2v) is 6.25. The second kappa shape index (κ2) is 6.87. The van der Waals surface area contributed by atoms with Crippen molar-refractivity contribution in [3.63, 3.8) is 0 Å². The van der Waals surface area contributed by atoms with E-state index in [-0.39, 0.29) is 0 Å². The number of rotatable bonds is 3. The molecule has 3 heteroatoms. The van der Waals surface area contributed by atoms with Crippen molar-refractivity contribution in [1.82, 2.24) is 5.32 Å². The van der Waals surface area contributed by atoms with Crippen LogP contribution < -0.4 is 5.32 Å². The van der Waals surface area contributed by atoms with Gasteiger partial charge in [-0.15, -0.1) is 0 Å². The molecule has 1 saturated carbocycles. The van der Waals surface area contributed by atoms with Gasteiger partial charge >= 0.3 is 0 Å². The van der Waals surface area contributed by atoms with Gasteiger partial charge in [0.05, 0.1) is 0 Å². The lowest BCUT2D eigenvalue weighted by Gasteiger charge is -2.31. The lowest BCUT2D eigenvalue weighted by Crippen LogP contribution is -2.41. The predicted octanol–water partition coefficient (Wildman–Crippen LogP) is 2.82. The van der Waals surface area contributed by atoms with E-state index in [0.717, 1.165) is 30.5 Å². The smallest absolute Gasteiger partial charge is 0.0480 e. The minimum Gasteiger partial charge on any atom is -0.381 e. The summed E-state index contributed by atoms with van der Waals surface area (Å²) in [7, 11) is 0. The molecule has 2 fully saturated rings. The van der Waals surface area contributed by atoms with Crippen molar-refractivity contribution in [2.45, 2.75) is 62.3 Å². The van der Waals surface area contributed by atoms with Gasteiger partial charge < -0.3 is 10.1 Å². The van der Waals surface area contributed by atoms with Crippen LogP contribution in [0.5, 0.6) is 0 Å². The van der Waals surface area contributed by atoms with Gasteiger partial charge in [0.2, 0.25) is 0 Å². The molecular formula is C13H25NOS. The molecule has 16 heavy (non-hydrogen) atoms. The monoisotopic (exact) mass is 243 g/mol. The van der Waals surface area contributed by atoms with Crippen LogP contribution in [0.4, 0.5) is 0 Å². The molecule has 1 heterocycles. The van der Waals surface area contributed by atoms with Crippen molar-refractivity contribution in [3.8, 4) is 0 Å². The van der Waals surface area contributed by atoms with Crippen LogP contribution in [0.25, 0.3) is 0 Å². The molecule has 2 aliphatic rings. The Hall–Kier alpha value is 0.270. The van der Waals surface area contributed by atoms with Gasteiger partial charge in [-0.3, -0.25) is 0 Å². The zero-order valence-electron chi connectivity index (χ0n) is 10.4. The maximum absolute atomic E-state index is 5.50. The van der Waals surface area contributed by atoms with Crippen LogP contribution in [-0.2, 0) is 4.74 Å². The van der Waals surface area contributed by atoms with E-state index in [2.05, 4.69) is 11.6 Å². The average molecular weight is 243 g/mol. The normalized spacial score (nSPS) is 36.9. The summed E-state index contributed by atoms with van der Waals surface area (Å²) < 4.78 is 5.50. The number of thioether (sulfide) groups is 1. The molecule has 94 valence electrons. The van der Waals surface area contributed by atoms with E-state index in [4.69, 9.17) is 4.74 Å². The lowest BCUT2D eigenvalue weighted by molar-refractivity contribution is 0.142. The third kappa shape index (κ3) is 3.94. The first-order chi connectivity index (χ1) is 7.88. The molecule has 1 saturated heterocycles. The van der Waals surface area contributed by atoms with Gasteiger partial charge in [-0.25, -0.2) is 0 Å². The minimum absolute atomic E-state index is 0.721. The highest BCUT2D eigenvalue weighted by Gasteiger charge is 2.23. The summed E-state index contributed by atoms with van der Waals surface area (Å²) in [6.45, 7) is 1.93. The summed E-state index contributed by atoms with van der Waals surface area (Å²) in [5, 5.41) is 4.78. The minimum atomic E-state index is 0.721. The highest BCUT2D eigenvalue weighted by atomic mass is 32.2. The molecular weight excluding hydrogens is 218 g/mol. The molecule has 2 rings (SSSR count). The lowest BCUT2D eigenvalue weighted by atomic mass is 9.93. The Labute approximate surface area is 104 Å². The standard InChI is InChI=1S/C13H25NOS/c1-16-13-6-4-12(5-7-13)14-11-3-2-9-15-10-8-11/h11-14H,2-10H2,1H3. The fraction of sp³-hybridized carbons (Fsp3) is 1.00. The van der Waals surface area contributed by atoms with E-state index < -0.39 is 0 Å². The van der Waals surface area contributed by atoms with E-state index in [1.54, 1.807) is 0 Å². The first kappa shape index (κ1) is 12.7. The van der Waals surface area contributed by atoms with Crippen LogP contribution in [0.15, 0.2) is 0 Å². The van der Waals surface area contributed by atoms with Crippen molar-refractivity contribution in [3.05, 3.63) is 0 Å².